The fourth-order valence-electron chi connectivity index (χ4n) is 1.34. The first-order valence-electron chi connectivity index (χ1n) is 4.51. The van der Waals surface area contributed by atoms with E-state index in [4.69, 9.17) is 26.3 Å². The Morgan fingerprint density at radius 3 is 2.40 bits per heavy atom. The third-order valence-corrected chi connectivity index (χ3v) is 2.51. The summed E-state index contributed by atoms with van der Waals surface area (Å²) in [5.41, 5.74) is 0.820. The van der Waals surface area contributed by atoms with Crippen LogP contribution in [-0.4, -0.2) is 14.2 Å². The predicted molar refractivity (Wildman–Crippen MR) is 58.5 cm³/mol. The molecule has 0 N–H and O–H groups in total. The summed E-state index contributed by atoms with van der Waals surface area (Å²) in [4.78, 5) is 0. The third kappa shape index (κ3) is 2.54. The van der Waals surface area contributed by atoms with Gasteiger partial charge in [0.05, 0.1) is 25.3 Å². The molecule has 15 heavy (non-hydrogen) atoms. The molecule has 0 aromatic heterocycles. The Kier molecular flexibility index (Phi) is 4.26. The maximum absolute atomic E-state index is 8.54. The molecule has 0 aliphatic heterocycles. The van der Waals surface area contributed by atoms with Crippen LogP contribution in [0.2, 0.25) is 5.02 Å². The van der Waals surface area contributed by atoms with Crippen LogP contribution >= 0.6 is 11.6 Å². The van der Waals surface area contributed by atoms with Crippen molar-refractivity contribution in [3.05, 3.63) is 22.7 Å². The Hall–Kier alpha value is -1.40. The lowest BCUT2D eigenvalue weighted by atomic mass is 10.1. The number of hydrogen-bond acceptors (Lipinski definition) is 3. The average molecular weight is 226 g/mol. The number of hydrogen-bond donors (Lipinski definition) is 0. The van der Waals surface area contributed by atoms with Crippen LogP contribution in [0.15, 0.2) is 12.1 Å². The van der Waals surface area contributed by atoms with Gasteiger partial charge in [0.15, 0.2) is 0 Å². The standard InChI is InChI=1S/C11H12ClNO2/c1-14-9-5-6-10(15-2)11(12)8(9)4-3-7-13/h5-6H,3-4H2,1-2H3. The zero-order valence-corrected chi connectivity index (χ0v) is 9.47. The molecule has 0 spiro atoms. The van der Waals surface area contributed by atoms with Gasteiger partial charge in [-0.05, 0) is 18.6 Å². The number of nitrogens with zero attached hydrogens (tertiary/aromatic N) is 1. The largest absolute Gasteiger partial charge is 0.496 e. The summed E-state index contributed by atoms with van der Waals surface area (Å²) in [6.07, 6.45) is 0.971. The number of methoxy groups -OCH3 is 2. The van der Waals surface area contributed by atoms with Crippen molar-refractivity contribution in [2.45, 2.75) is 12.8 Å². The van der Waals surface area contributed by atoms with Crippen molar-refractivity contribution < 1.29 is 9.47 Å². The van der Waals surface area contributed by atoms with Crippen LogP contribution in [0, 0.1) is 11.3 Å². The van der Waals surface area contributed by atoms with E-state index in [1.807, 2.05) is 0 Å². The molecule has 0 heterocycles. The highest BCUT2D eigenvalue weighted by atomic mass is 35.5. The van der Waals surface area contributed by atoms with Gasteiger partial charge in [0.25, 0.3) is 0 Å². The van der Waals surface area contributed by atoms with Crippen LogP contribution in [0.25, 0.3) is 0 Å². The molecule has 0 amide bonds. The SMILES string of the molecule is COc1ccc(OC)c(CCC#N)c1Cl. The van der Waals surface area contributed by atoms with E-state index in [-0.39, 0.29) is 0 Å². The van der Waals surface area contributed by atoms with Crippen molar-refractivity contribution in [3.8, 4) is 17.6 Å². The maximum Gasteiger partial charge on any atom is 0.138 e. The van der Waals surface area contributed by atoms with E-state index < -0.39 is 0 Å². The summed E-state index contributed by atoms with van der Waals surface area (Å²) in [5.74, 6) is 1.29. The van der Waals surface area contributed by atoms with Crippen LogP contribution in [0.3, 0.4) is 0 Å². The highest BCUT2D eigenvalue weighted by molar-refractivity contribution is 6.33. The zero-order valence-electron chi connectivity index (χ0n) is 8.71. The molecule has 1 aromatic carbocycles. The first-order chi connectivity index (χ1) is 7.24. The summed E-state index contributed by atoms with van der Waals surface area (Å²) in [7, 11) is 3.13. The van der Waals surface area contributed by atoms with E-state index in [0.717, 1.165) is 5.56 Å². The Morgan fingerprint density at radius 2 is 1.87 bits per heavy atom. The molecule has 0 radical (unpaired) electrons. The van der Waals surface area contributed by atoms with E-state index in [0.29, 0.717) is 29.4 Å². The summed E-state index contributed by atoms with van der Waals surface area (Å²) in [6.45, 7) is 0. The van der Waals surface area contributed by atoms with Gasteiger partial charge in [-0.15, -0.1) is 0 Å². The van der Waals surface area contributed by atoms with E-state index in [9.17, 15) is 0 Å². The van der Waals surface area contributed by atoms with Crippen LogP contribution in [-0.2, 0) is 6.42 Å². The molecule has 1 aromatic rings. The van der Waals surface area contributed by atoms with E-state index in [2.05, 4.69) is 6.07 Å². The highest BCUT2D eigenvalue weighted by Crippen LogP contribution is 2.35. The molecule has 0 unspecified atom stereocenters. The number of nitriles is 1. The Balaban J connectivity index is 3.12. The minimum Gasteiger partial charge on any atom is -0.496 e. The third-order valence-electron chi connectivity index (χ3n) is 2.09. The summed E-state index contributed by atoms with van der Waals surface area (Å²) >= 11 is 6.11. The van der Waals surface area contributed by atoms with Gasteiger partial charge < -0.3 is 9.47 Å². The van der Waals surface area contributed by atoms with Crippen molar-refractivity contribution in [2.75, 3.05) is 14.2 Å². The van der Waals surface area contributed by atoms with Gasteiger partial charge in [0.1, 0.15) is 11.5 Å². The smallest absolute Gasteiger partial charge is 0.138 e. The van der Waals surface area contributed by atoms with Crippen LogP contribution in [0.5, 0.6) is 11.5 Å². The number of benzene rings is 1. The predicted octanol–water partition coefficient (Wildman–Crippen LogP) is 2.81. The molecular formula is C11H12ClNO2. The van der Waals surface area contributed by atoms with Crippen molar-refractivity contribution in [3.63, 3.8) is 0 Å². The van der Waals surface area contributed by atoms with E-state index in [1.165, 1.54) is 0 Å². The first kappa shape index (κ1) is 11.7. The lowest BCUT2D eigenvalue weighted by Crippen LogP contribution is -1.95. The van der Waals surface area contributed by atoms with Crippen LogP contribution in [0.4, 0.5) is 0 Å². The molecule has 4 heteroatoms. The van der Waals surface area contributed by atoms with Crippen molar-refractivity contribution in [1.82, 2.24) is 0 Å². The van der Waals surface area contributed by atoms with E-state index in [1.54, 1.807) is 26.4 Å². The fourth-order valence-corrected chi connectivity index (χ4v) is 1.67. The van der Waals surface area contributed by atoms with Gasteiger partial charge in [0.2, 0.25) is 0 Å². The number of rotatable bonds is 4. The summed E-state index contributed by atoms with van der Waals surface area (Å²) in [5, 5.41) is 9.06. The van der Waals surface area contributed by atoms with Gasteiger partial charge in [-0.3, -0.25) is 0 Å². The second-order valence-corrected chi connectivity index (χ2v) is 3.30. The van der Waals surface area contributed by atoms with Gasteiger partial charge in [-0.1, -0.05) is 11.6 Å². The number of halogens is 1. The minimum atomic E-state index is 0.406. The average Bonchev–Trinajstić information content (AvgIpc) is 2.27. The molecule has 0 saturated carbocycles. The second-order valence-electron chi connectivity index (χ2n) is 2.92. The monoisotopic (exact) mass is 225 g/mol. The zero-order chi connectivity index (χ0) is 11.3. The van der Waals surface area contributed by atoms with Gasteiger partial charge in [0, 0.05) is 12.0 Å². The summed E-state index contributed by atoms with van der Waals surface area (Å²) < 4.78 is 10.3. The molecule has 0 atom stereocenters. The summed E-state index contributed by atoms with van der Waals surface area (Å²) in [6, 6.07) is 5.61. The molecule has 3 nitrogen and oxygen atoms in total. The molecule has 0 fully saturated rings. The molecule has 0 aliphatic carbocycles. The molecule has 1 rings (SSSR count). The van der Waals surface area contributed by atoms with Crippen molar-refractivity contribution in [1.29, 1.82) is 5.26 Å². The quantitative estimate of drug-likeness (QED) is 0.791. The van der Waals surface area contributed by atoms with Gasteiger partial charge in [-0.25, -0.2) is 0 Å². The molecular weight excluding hydrogens is 214 g/mol. The molecule has 0 saturated heterocycles. The fraction of sp³-hybridized carbons (Fsp3) is 0.364. The Bertz CT molecular complexity index is 385. The molecule has 0 aliphatic rings. The molecule has 0 bridgehead atoms. The first-order valence-corrected chi connectivity index (χ1v) is 4.88. The Morgan fingerprint density at radius 1 is 1.27 bits per heavy atom. The van der Waals surface area contributed by atoms with Crippen LogP contribution in [0.1, 0.15) is 12.0 Å². The van der Waals surface area contributed by atoms with Crippen LogP contribution < -0.4 is 9.47 Å². The van der Waals surface area contributed by atoms with Gasteiger partial charge >= 0.3 is 0 Å². The lowest BCUT2D eigenvalue weighted by Gasteiger charge is -2.12. The highest BCUT2D eigenvalue weighted by Gasteiger charge is 2.12. The van der Waals surface area contributed by atoms with Gasteiger partial charge in [-0.2, -0.15) is 5.26 Å². The number of ether oxygens (including phenoxy) is 2. The second kappa shape index (κ2) is 5.47. The molecule has 80 valence electrons. The van der Waals surface area contributed by atoms with Crippen molar-refractivity contribution >= 4 is 11.6 Å². The topological polar surface area (TPSA) is 42.2 Å². The normalized spacial score (nSPS) is 9.47. The lowest BCUT2D eigenvalue weighted by molar-refractivity contribution is 0.399. The van der Waals surface area contributed by atoms with E-state index >= 15 is 0 Å². The Labute approximate surface area is 94.2 Å². The minimum absolute atomic E-state index is 0.406. The van der Waals surface area contributed by atoms with Crippen molar-refractivity contribution in [2.24, 2.45) is 0 Å². The maximum atomic E-state index is 8.54.